The molecule has 0 saturated carbocycles. The van der Waals surface area contributed by atoms with Crippen molar-refractivity contribution in [3.05, 3.63) is 52.4 Å². The molecule has 2 aromatic rings. The van der Waals surface area contributed by atoms with Crippen molar-refractivity contribution >= 4 is 16.9 Å². The summed E-state index contributed by atoms with van der Waals surface area (Å²) in [6, 6.07) is 3.98. The van der Waals surface area contributed by atoms with Gasteiger partial charge in [0.25, 0.3) is 0 Å². The van der Waals surface area contributed by atoms with Gasteiger partial charge in [-0.1, -0.05) is 70.4 Å². The highest BCUT2D eigenvalue weighted by Crippen LogP contribution is 2.34. The van der Waals surface area contributed by atoms with Crippen molar-refractivity contribution in [2.45, 2.75) is 103 Å². The average Bonchev–Trinajstić information content (AvgIpc) is 2.80. The van der Waals surface area contributed by atoms with Crippen LogP contribution in [0.1, 0.15) is 102 Å². The van der Waals surface area contributed by atoms with Crippen molar-refractivity contribution in [3.63, 3.8) is 0 Å². The summed E-state index contributed by atoms with van der Waals surface area (Å²) < 4.78 is 49.4. The number of benzene rings is 1. The van der Waals surface area contributed by atoms with Gasteiger partial charge in [0, 0.05) is 23.9 Å². The number of alkyl halides is 3. The predicted octanol–water partition coefficient (Wildman–Crippen LogP) is 8.75. The van der Waals surface area contributed by atoms with Crippen LogP contribution in [0.3, 0.4) is 0 Å². The quantitative estimate of drug-likeness (QED) is 0.0769. The Bertz CT molecular complexity index is 992. The number of ether oxygens (including phenoxy) is 1. The Morgan fingerprint density at radius 2 is 1.49 bits per heavy atom. The second-order valence-corrected chi connectivity index (χ2v) is 8.94. The van der Waals surface area contributed by atoms with Crippen LogP contribution < -0.4 is 10.4 Å². The highest BCUT2D eigenvalue weighted by molar-refractivity contribution is 5.83. The van der Waals surface area contributed by atoms with Crippen molar-refractivity contribution in [2.75, 3.05) is 0 Å². The lowest BCUT2D eigenvalue weighted by Crippen LogP contribution is -2.11. The van der Waals surface area contributed by atoms with Gasteiger partial charge < -0.3 is 9.15 Å². The summed E-state index contributed by atoms with van der Waals surface area (Å²) in [6.07, 6.45) is 15.2. The lowest BCUT2D eigenvalue weighted by molar-refractivity contribution is -0.137. The summed E-state index contributed by atoms with van der Waals surface area (Å²) in [4.78, 5) is 23.5. The Morgan fingerprint density at radius 1 is 0.886 bits per heavy atom. The molecule has 0 saturated heterocycles. The summed E-state index contributed by atoms with van der Waals surface area (Å²) in [5.74, 6) is -0.408. The average molecular weight is 495 g/mol. The van der Waals surface area contributed by atoms with E-state index in [0.717, 1.165) is 44.2 Å². The van der Waals surface area contributed by atoms with Crippen molar-refractivity contribution in [2.24, 2.45) is 0 Å². The van der Waals surface area contributed by atoms with E-state index >= 15 is 0 Å². The number of esters is 1. The van der Waals surface area contributed by atoms with Crippen LogP contribution in [0.25, 0.3) is 11.0 Å². The van der Waals surface area contributed by atoms with Gasteiger partial charge >= 0.3 is 17.8 Å². The lowest BCUT2D eigenvalue weighted by Gasteiger charge is -2.10. The Hall–Kier alpha value is -2.57. The molecule has 1 aromatic carbocycles. The van der Waals surface area contributed by atoms with Crippen LogP contribution in [0.15, 0.2) is 45.6 Å². The summed E-state index contributed by atoms with van der Waals surface area (Å²) in [7, 11) is 0. The topological polar surface area (TPSA) is 56.5 Å². The molecule has 0 amide bonds. The van der Waals surface area contributed by atoms with E-state index in [1.54, 1.807) is 0 Å². The van der Waals surface area contributed by atoms with Gasteiger partial charge in [0.05, 0.1) is 5.56 Å². The standard InChI is InChI=1S/C28H37F3O4/c1-2-3-4-5-6-7-8-9-10-11-12-13-14-15-16-17-26(32)34-22-18-19-23-24(28(29,30)31)21-27(33)35-25(23)20-22/h9-10,18-21H,2-8,11-17H2,1H3/b10-9+. The zero-order valence-electron chi connectivity index (χ0n) is 20.6. The smallest absolute Gasteiger partial charge is 0.417 e. The molecule has 0 fully saturated rings. The number of unbranched alkanes of at least 4 members (excludes halogenated alkanes) is 11. The van der Waals surface area contributed by atoms with E-state index < -0.39 is 23.3 Å². The zero-order chi connectivity index (χ0) is 25.5. The molecule has 1 aromatic heterocycles. The minimum atomic E-state index is -4.68. The molecule has 7 heteroatoms. The van der Waals surface area contributed by atoms with Crippen LogP contribution in [-0.2, 0) is 11.0 Å². The van der Waals surface area contributed by atoms with Crippen LogP contribution in [-0.4, -0.2) is 5.97 Å². The third-order valence-electron chi connectivity index (χ3n) is 5.90. The highest BCUT2D eigenvalue weighted by atomic mass is 19.4. The van der Waals surface area contributed by atoms with Crippen LogP contribution >= 0.6 is 0 Å². The largest absolute Gasteiger partial charge is 0.426 e. The van der Waals surface area contributed by atoms with Gasteiger partial charge in [-0.15, -0.1) is 0 Å². The van der Waals surface area contributed by atoms with Gasteiger partial charge in [-0.2, -0.15) is 13.2 Å². The molecule has 0 unspecified atom stereocenters. The normalized spacial score (nSPS) is 12.0. The zero-order valence-corrected chi connectivity index (χ0v) is 20.6. The highest BCUT2D eigenvalue weighted by Gasteiger charge is 2.33. The van der Waals surface area contributed by atoms with Crippen LogP contribution in [0.5, 0.6) is 5.75 Å². The molecule has 0 N–H and O–H groups in total. The fraction of sp³-hybridized carbons (Fsp3) is 0.571. The number of fused-ring (bicyclic) bond motifs is 1. The van der Waals surface area contributed by atoms with E-state index in [2.05, 4.69) is 19.1 Å². The monoisotopic (exact) mass is 494 g/mol. The van der Waals surface area contributed by atoms with E-state index in [9.17, 15) is 22.8 Å². The Morgan fingerprint density at radius 3 is 2.11 bits per heavy atom. The van der Waals surface area contributed by atoms with Gasteiger partial charge in [-0.3, -0.25) is 4.79 Å². The maximum absolute atomic E-state index is 13.1. The second kappa shape index (κ2) is 15.4. The molecule has 0 spiro atoms. The van der Waals surface area contributed by atoms with E-state index in [1.807, 2.05) is 0 Å². The lowest BCUT2D eigenvalue weighted by atomic mass is 10.1. The number of halogens is 3. The van der Waals surface area contributed by atoms with Gasteiger partial charge in [0.1, 0.15) is 11.3 Å². The van der Waals surface area contributed by atoms with Crippen molar-refractivity contribution in [3.8, 4) is 5.75 Å². The molecule has 0 aliphatic rings. The molecule has 0 bridgehead atoms. The summed E-state index contributed by atoms with van der Waals surface area (Å²) in [6.45, 7) is 2.23. The number of hydrogen-bond acceptors (Lipinski definition) is 4. The van der Waals surface area contributed by atoms with Crippen molar-refractivity contribution in [1.29, 1.82) is 0 Å². The molecule has 0 atom stereocenters. The predicted molar refractivity (Wildman–Crippen MR) is 133 cm³/mol. The first-order valence-electron chi connectivity index (χ1n) is 12.8. The Balaban J connectivity index is 1.60. The summed E-state index contributed by atoms with van der Waals surface area (Å²) in [5.41, 5.74) is -2.45. The third kappa shape index (κ3) is 11.1. The summed E-state index contributed by atoms with van der Waals surface area (Å²) >= 11 is 0. The molecular weight excluding hydrogens is 457 g/mol. The number of hydrogen-bond donors (Lipinski definition) is 0. The molecule has 0 radical (unpaired) electrons. The number of carbonyl (C=O) groups is 1. The van der Waals surface area contributed by atoms with E-state index in [4.69, 9.17) is 9.15 Å². The molecular formula is C28H37F3O4. The molecule has 0 aliphatic heterocycles. The molecule has 2 rings (SSSR count). The SMILES string of the molecule is CCCCCCCC/C=C/CCCCCCCC(=O)Oc1ccc2c(C(F)(F)F)cc(=O)oc2c1. The van der Waals surface area contributed by atoms with Gasteiger partial charge in [-0.05, 0) is 44.2 Å². The van der Waals surface area contributed by atoms with Crippen LogP contribution in [0, 0.1) is 0 Å². The van der Waals surface area contributed by atoms with Gasteiger partial charge in [0.2, 0.25) is 0 Å². The first kappa shape index (κ1) is 28.7. The Labute approximate surface area is 205 Å². The van der Waals surface area contributed by atoms with Gasteiger partial charge in [0.15, 0.2) is 0 Å². The fourth-order valence-corrected chi connectivity index (χ4v) is 3.96. The fourth-order valence-electron chi connectivity index (χ4n) is 3.96. The van der Waals surface area contributed by atoms with E-state index in [-0.39, 0.29) is 23.1 Å². The maximum Gasteiger partial charge on any atom is 0.417 e. The van der Waals surface area contributed by atoms with Gasteiger partial charge in [-0.25, -0.2) is 4.79 Å². The molecule has 0 aliphatic carbocycles. The first-order valence-corrected chi connectivity index (χ1v) is 12.8. The van der Waals surface area contributed by atoms with Crippen molar-refractivity contribution in [1.82, 2.24) is 0 Å². The second-order valence-electron chi connectivity index (χ2n) is 8.94. The number of carbonyl (C=O) groups excluding carboxylic acids is 1. The minimum absolute atomic E-state index is 0.0534. The molecule has 35 heavy (non-hydrogen) atoms. The third-order valence-corrected chi connectivity index (χ3v) is 5.90. The van der Waals surface area contributed by atoms with E-state index in [0.29, 0.717) is 12.5 Å². The number of rotatable bonds is 16. The first-order chi connectivity index (χ1) is 16.8. The van der Waals surface area contributed by atoms with E-state index in [1.165, 1.54) is 51.0 Å². The van der Waals surface area contributed by atoms with Crippen LogP contribution in [0.4, 0.5) is 13.2 Å². The van der Waals surface area contributed by atoms with Crippen LogP contribution in [0.2, 0.25) is 0 Å². The van der Waals surface area contributed by atoms with Crippen molar-refractivity contribution < 1.29 is 27.1 Å². The maximum atomic E-state index is 13.1. The minimum Gasteiger partial charge on any atom is -0.426 e. The Kier molecular flexibility index (Phi) is 12.6. The molecule has 194 valence electrons. The number of allylic oxidation sites excluding steroid dienone is 2. The molecule has 1 heterocycles. The summed E-state index contributed by atoms with van der Waals surface area (Å²) in [5, 5.41) is -0.255. The molecule has 4 nitrogen and oxygen atoms in total.